The van der Waals surface area contributed by atoms with E-state index < -0.39 is 110 Å². The van der Waals surface area contributed by atoms with Crippen molar-refractivity contribution >= 4 is 152 Å². The number of benzene rings is 4. The molecule has 0 bridgehead atoms. The third-order valence-corrected chi connectivity index (χ3v) is 110. The Labute approximate surface area is 569 Å². The maximum Gasteiger partial charge on any atom is 0.232 e. The maximum absolute atomic E-state index is 3.10. The van der Waals surface area contributed by atoms with Gasteiger partial charge in [0.05, 0.1) is 0 Å². The molecular formula is C72H140S2Si14. The maximum atomic E-state index is 3.10. The van der Waals surface area contributed by atoms with Gasteiger partial charge in [-0.3, -0.25) is 0 Å². The summed E-state index contributed by atoms with van der Waals surface area (Å²) in [6, 6.07) is 23.1. The van der Waals surface area contributed by atoms with Gasteiger partial charge in [-0.05, 0) is 149 Å². The molecule has 1 aliphatic rings. The fourth-order valence-corrected chi connectivity index (χ4v) is 143. The zero-order valence-electron chi connectivity index (χ0n) is 65.9. The molecule has 1 fully saturated rings. The molecule has 0 N–H and O–H groups in total. The van der Waals surface area contributed by atoms with Crippen LogP contribution in [0, 0.1) is 41.5 Å². The van der Waals surface area contributed by atoms with Gasteiger partial charge in [-0.25, -0.2) is 0 Å². The van der Waals surface area contributed by atoms with E-state index in [1.54, 1.807) is 43.8 Å². The van der Waals surface area contributed by atoms with Crippen LogP contribution in [0.4, 0.5) is 0 Å². The smallest absolute Gasteiger partial charge is 0.166 e. The molecular weight excluding hydrogens is 1320 g/mol. The molecule has 1 aliphatic heterocycles. The van der Waals surface area contributed by atoms with E-state index in [2.05, 4.69) is 347 Å². The summed E-state index contributed by atoms with van der Waals surface area (Å²) in [6.07, 6.45) is -5.95. The number of rotatable bonds is 22. The zero-order valence-corrected chi connectivity index (χ0v) is 81.5. The molecule has 0 nitrogen and oxygen atoms in total. The topological polar surface area (TPSA) is 0 Å². The Hall–Kier alpha value is 0.616. The van der Waals surface area contributed by atoms with Crippen LogP contribution in [0.3, 0.4) is 0 Å². The second-order valence-corrected chi connectivity index (χ2v) is 128. The van der Waals surface area contributed by atoms with Crippen molar-refractivity contribution in [2.24, 2.45) is 0 Å². The third-order valence-electron chi connectivity index (χ3n) is 20.0. The Morgan fingerprint density at radius 2 is 0.364 bits per heavy atom. The van der Waals surface area contributed by atoms with Crippen LogP contribution >= 0.6 is 21.3 Å². The molecule has 0 saturated carbocycles. The van der Waals surface area contributed by atoms with Gasteiger partial charge in [0.25, 0.3) is 0 Å². The fourth-order valence-electron chi connectivity index (χ4n) is 21.4. The minimum Gasteiger partial charge on any atom is -0.166 e. The first kappa shape index (κ1) is 79.3. The summed E-state index contributed by atoms with van der Waals surface area (Å²) in [7, 11) is -16.7. The lowest BCUT2D eigenvalue weighted by atomic mass is 10.1. The summed E-state index contributed by atoms with van der Waals surface area (Å²) in [5.74, 6) is 0. The average molecular weight is 1460 g/mol. The zero-order chi connectivity index (χ0) is 68.8. The molecule has 16 heteroatoms. The van der Waals surface area contributed by atoms with Crippen LogP contribution in [0.5, 0.6) is 0 Å². The molecule has 88 heavy (non-hydrogen) atoms. The van der Waals surface area contributed by atoms with Crippen molar-refractivity contribution in [2.45, 2.75) is 308 Å². The van der Waals surface area contributed by atoms with Crippen LogP contribution in [-0.4, -0.2) is 110 Å². The van der Waals surface area contributed by atoms with E-state index in [1.807, 2.05) is 32.6 Å². The fraction of sp³-hybridized carbons (Fsp3) is 0.667. The Morgan fingerprint density at radius 1 is 0.216 bits per heavy atom. The third kappa shape index (κ3) is 16.4. The molecule has 0 aliphatic carbocycles. The van der Waals surface area contributed by atoms with Crippen LogP contribution in [0.2, 0.25) is 236 Å². The average Bonchev–Trinajstić information content (AvgIpc) is 3.15. The Kier molecular flexibility index (Phi) is 23.0. The van der Waals surface area contributed by atoms with Gasteiger partial charge in [0.1, 0.15) is 0 Å². The van der Waals surface area contributed by atoms with E-state index in [-0.39, 0.29) is 0 Å². The van der Waals surface area contributed by atoms with E-state index in [0.29, 0.717) is 31.0 Å². The van der Waals surface area contributed by atoms with Gasteiger partial charge >= 0.3 is 0 Å². The van der Waals surface area contributed by atoms with E-state index in [4.69, 9.17) is 0 Å². The van der Waals surface area contributed by atoms with Crippen molar-refractivity contribution in [1.82, 2.24) is 0 Å². The standard InChI is InChI=1S/C72H140S2Si14/c1-51-43-53(3)63(54(4)44-51)87(65-59(69(79(19,20)21)80(22,23)24)47-57(67(75(7,8)9)76(10,11)12)48-60(65)70(81(25,26)27)82(28,29)30)73-88(74-87,64-55(5)45-52(2)46-56(64)6)66-61(71(83(31,32)33)84(34,35)36)49-58(68(77(13,14)15)78(16,17)18)50-62(66)72(85(37,38)39)86(40,41)42/h43-50,67-72H,1-42H3. The number of hydrogen-bond acceptors (Lipinski definition) is 2. The molecule has 0 amide bonds. The van der Waals surface area contributed by atoms with Gasteiger partial charge in [0, 0.05) is 96.9 Å². The molecule has 0 unspecified atom stereocenters. The minimum absolute atomic E-state index is 0.620. The lowest BCUT2D eigenvalue weighted by Gasteiger charge is -2.59. The van der Waals surface area contributed by atoms with Crippen molar-refractivity contribution < 1.29 is 0 Å². The first-order chi connectivity index (χ1) is 38.7. The largest absolute Gasteiger partial charge is 0.232 e. The lowest BCUT2D eigenvalue weighted by molar-refractivity contribution is 1.09. The highest BCUT2D eigenvalue weighted by Crippen LogP contribution is 2.62. The lowest BCUT2D eigenvalue weighted by Crippen LogP contribution is -2.78. The summed E-state index contributed by atoms with van der Waals surface area (Å²) in [5.41, 5.74) is 20.3. The highest BCUT2D eigenvalue weighted by molar-refractivity contribution is 9.01. The van der Waals surface area contributed by atoms with Crippen molar-refractivity contribution in [2.75, 3.05) is 0 Å². The van der Waals surface area contributed by atoms with Crippen molar-refractivity contribution in [3.8, 4) is 0 Å². The van der Waals surface area contributed by atoms with E-state index in [9.17, 15) is 0 Å². The summed E-state index contributed by atoms with van der Waals surface area (Å²) < 4.78 is 0. The second kappa shape index (κ2) is 25.5. The van der Waals surface area contributed by atoms with Gasteiger partial charge in [-0.2, -0.15) is 21.3 Å². The van der Waals surface area contributed by atoms with E-state index in [0.717, 1.165) is 0 Å². The molecule has 4 aromatic carbocycles. The quantitative estimate of drug-likeness (QED) is 0.0720. The molecule has 0 atom stereocenters. The molecule has 0 spiro atoms. The van der Waals surface area contributed by atoms with Gasteiger partial charge in [-0.15, -0.1) is 0 Å². The van der Waals surface area contributed by atoms with Crippen LogP contribution < -0.4 is 20.7 Å². The van der Waals surface area contributed by atoms with Gasteiger partial charge in [0.15, 0.2) is 0 Å². The first-order valence-corrected chi connectivity index (χ1v) is 86.1. The minimum atomic E-state index is -2.98. The molecule has 0 radical (unpaired) electrons. The predicted octanol–water partition coefficient (Wildman–Crippen LogP) is 22.9. The number of aryl methyl sites for hydroxylation is 6. The Morgan fingerprint density at radius 3 is 0.500 bits per heavy atom. The monoisotopic (exact) mass is 1460 g/mol. The van der Waals surface area contributed by atoms with Crippen LogP contribution in [-0.2, 0) is 0 Å². The highest BCUT2D eigenvalue weighted by atomic mass is 32.9. The summed E-state index contributed by atoms with van der Waals surface area (Å²) >= 11 is 0. The Bertz CT molecular complexity index is 2750. The predicted molar refractivity (Wildman–Crippen MR) is 456 cm³/mol. The van der Waals surface area contributed by atoms with E-state index >= 15 is 0 Å². The SMILES string of the molecule is Cc1cc(C)c([Si]2(c3c(C([Si](C)(C)C)[Si](C)(C)C)cc(C([Si](C)(C)C)[Si](C)(C)C)cc3C([Si](C)(C)C)[Si](C)(C)C)S[Si](c3c(C)cc(C)cc3C)(c3c(C([Si](C)(C)C)[Si](C)(C)C)cc(C([Si](C)(C)C)[Si](C)(C)C)cc3C([Si](C)(C)C)[Si](C)(C)C)S2)c(C)c1. The van der Waals surface area contributed by atoms with Crippen molar-refractivity contribution in [3.05, 3.63) is 115 Å². The summed E-state index contributed by atoms with van der Waals surface area (Å²) in [5, 5.41) is 11.4. The van der Waals surface area contributed by atoms with E-state index in [1.165, 1.54) is 11.1 Å². The normalized spacial score (nSPS) is 18.7. The first-order valence-electron chi connectivity index (χ1n) is 34.6. The van der Waals surface area contributed by atoms with Crippen LogP contribution in [0.25, 0.3) is 0 Å². The van der Waals surface area contributed by atoms with Crippen LogP contribution in [0.1, 0.15) is 97.7 Å². The molecule has 1 saturated heterocycles. The molecule has 496 valence electrons. The number of hydrogen-bond donors (Lipinski definition) is 0. The molecule has 1 heterocycles. The molecule has 4 aromatic rings. The van der Waals surface area contributed by atoms with Crippen molar-refractivity contribution in [3.63, 3.8) is 0 Å². The van der Waals surface area contributed by atoms with Crippen LogP contribution in [0.15, 0.2) is 48.5 Å². The van der Waals surface area contributed by atoms with Gasteiger partial charge in [0.2, 0.25) is 12.7 Å². The van der Waals surface area contributed by atoms with Gasteiger partial charge < -0.3 is 0 Å². The summed E-state index contributed by atoms with van der Waals surface area (Å²) in [6.45, 7) is 116. The second-order valence-electron chi connectivity index (χ2n) is 42.1. The highest BCUT2D eigenvalue weighted by Gasteiger charge is 2.69. The summed E-state index contributed by atoms with van der Waals surface area (Å²) in [4.78, 5) is 0. The molecule has 5 rings (SSSR count). The van der Waals surface area contributed by atoms with Gasteiger partial charge in [-0.1, -0.05) is 295 Å². The Balaban J connectivity index is 2.47. The molecule has 0 aromatic heterocycles. The van der Waals surface area contributed by atoms with Crippen molar-refractivity contribution in [1.29, 1.82) is 0 Å².